The molecule has 1 aromatic carbocycles. The van der Waals surface area contributed by atoms with Crippen molar-refractivity contribution >= 4 is 22.7 Å². The van der Waals surface area contributed by atoms with Crippen molar-refractivity contribution in [2.24, 2.45) is 5.92 Å². The van der Waals surface area contributed by atoms with E-state index in [9.17, 15) is 0 Å². The Morgan fingerprint density at radius 1 is 1.38 bits per heavy atom. The largest absolute Gasteiger partial charge is 0.493 e. The molecule has 3 rings (SSSR count). The van der Waals surface area contributed by atoms with Crippen molar-refractivity contribution in [2.45, 2.75) is 25.8 Å². The maximum Gasteiger partial charge on any atom is 0.176 e. The highest BCUT2D eigenvalue weighted by molar-refractivity contribution is 7.99. The fraction of sp³-hybridized carbons (Fsp3) is 0.529. The third kappa shape index (κ3) is 3.38. The van der Waals surface area contributed by atoms with Gasteiger partial charge in [0.1, 0.15) is 5.76 Å². The fourth-order valence-electron chi connectivity index (χ4n) is 2.82. The molecule has 2 heterocycles. The summed E-state index contributed by atoms with van der Waals surface area (Å²) < 4.78 is 11.4. The molecular formula is C17H23NO2S. The molecule has 1 aliphatic heterocycles. The van der Waals surface area contributed by atoms with Crippen LogP contribution in [0.1, 0.15) is 31.6 Å². The minimum Gasteiger partial charge on any atom is -0.493 e. The van der Waals surface area contributed by atoms with Crippen molar-refractivity contribution in [1.82, 2.24) is 5.32 Å². The van der Waals surface area contributed by atoms with Gasteiger partial charge in [-0.05, 0) is 55.9 Å². The summed E-state index contributed by atoms with van der Waals surface area (Å²) in [5, 5.41) is 4.73. The number of fused-ring (bicyclic) bond motifs is 1. The van der Waals surface area contributed by atoms with E-state index < -0.39 is 0 Å². The number of furan rings is 1. The van der Waals surface area contributed by atoms with Gasteiger partial charge in [0, 0.05) is 5.39 Å². The molecule has 21 heavy (non-hydrogen) atoms. The number of methoxy groups -OCH3 is 1. The zero-order valence-corrected chi connectivity index (χ0v) is 13.5. The van der Waals surface area contributed by atoms with E-state index in [4.69, 9.17) is 9.15 Å². The van der Waals surface area contributed by atoms with Crippen LogP contribution in [0.15, 0.2) is 28.7 Å². The number of hydrogen-bond acceptors (Lipinski definition) is 4. The molecule has 0 bridgehead atoms. The van der Waals surface area contributed by atoms with Crippen LogP contribution in [0.2, 0.25) is 0 Å². The van der Waals surface area contributed by atoms with Gasteiger partial charge in [-0.3, -0.25) is 0 Å². The standard InChI is InChI=1S/C17H23NO2S/c1-12(18-11-13-6-8-21-9-7-13)16-10-14-4-3-5-15(19-2)17(14)20-16/h3-5,10,12-13,18H,6-9,11H2,1-2H3. The molecule has 4 heteroatoms. The van der Waals surface area contributed by atoms with E-state index in [2.05, 4.69) is 36.1 Å². The first kappa shape index (κ1) is 14.8. The van der Waals surface area contributed by atoms with E-state index >= 15 is 0 Å². The molecule has 114 valence electrons. The SMILES string of the molecule is COc1cccc2cc(C(C)NCC3CCSCC3)oc12. The van der Waals surface area contributed by atoms with Crippen LogP contribution in [0.3, 0.4) is 0 Å². The number of thioether (sulfide) groups is 1. The second-order valence-electron chi connectivity index (χ2n) is 5.71. The summed E-state index contributed by atoms with van der Waals surface area (Å²) >= 11 is 2.08. The average Bonchev–Trinajstić information content (AvgIpc) is 2.97. The smallest absolute Gasteiger partial charge is 0.176 e. The zero-order valence-electron chi connectivity index (χ0n) is 12.7. The first-order valence-electron chi connectivity index (χ1n) is 7.65. The number of nitrogens with one attached hydrogen (secondary N) is 1. The van der Waals surface area contributed by atoms with Gasteiger partial charge in [-0.25, -0.2) is 0 Å². The molecular weight excluding hydrogens is 282 g/mol. The van der Waals surface area contributed by atoms with Gasteiger partial charge in [-0.2, -0.15) is 11.8 Å². The minimum absolute atomic E-state index is 0.233. The van der Waals surface area contributed by atoms with Crippen LogP contribution in [0, 0.1) is 5.92 Å². The van der Waals surface area contributed by atoms with Crippen LogP contribution in [0.25, 0.3) is 11.0 Å². The Morgan fingerprint density at radius 3 is 2.95 bits per heavy atom. The second-order valence-corrected chi connectivity index (χ2v) is 6.94. The third-order valence-corrected chi connectivity index (χ3v) is 5.28. The van der Waals surface area contributed by atoms with Crippen molar-refractivity contribution < 1.29 is 9.15 Å². The van der Waals surface area contributed by atoms with Gasteiger partial charge in [0.25, 0.3) is 0 Å². The van der Waals surface area contributed by atoms with Crippen molar-refractivity contribution in [3.63, 3.8) is 0 Å². The lowest BCUT2D eigenvalue weighted by Gasteiger charge is -2.23. The quantitative estimate of drug-likeness (QED) is 0.896. The Morgan fingerprint density at radius 2 is 2.19 bits per heavy atom. The van der Waals surface area contributed by atoms with Gasteiger partial charge < -0.3 is 14.5 Å². The average molecular weight is 305 g/mol. The lowest BCUT2D eigenvalue weighted by Crippen LogP contribution is -2.27. The predicted molar refractivity (Wildman–Crippen MR) is 89.2 cm³/mol. The molecule has 1 aromatic heterocycles. The first-order valence-corrected chi connectivity index (χ1v) is 8.81. The maximum atomic E-state index is 6.00. The number of para-hydroxylation sites is 1. The molecule has 0 spiro atoms. The molecule has 0 radical (unpaired) electrons. The number of ether oxygens (including phenoxy) is 1. The van der Waals surface area contributed by atoms with Crippen LogP contribution in [0.4, 0.5) is 0 Å². The van der Waals surface area contributed by atoms with Crippen LogP contribution in [-0.4, -0.2) is 25.2 Å². The second kappa shape index (κ2) is 6.75. The van der Waals surface area contributed by atoms with Crippen molar-refractivity contribution in [3.8, 4) is 5.75 Å². The summed E-state index contributed by atoms with van der Waals surface area (Å²) in [6, 6.07) is 8.35. The van der Waals surface area contributed by atoms with Crippen LogP contribution < -0.4 is 10.1 Å². The summed E-state index contributed by atoms with van der Waals surface area (Å²) in [5.41, 5.74) is 0.845. The molecule has 1 atom stereocenters. The maximum absolute atomic E-state index is 6.00. The van der Waals surface area contributed by atoms with Gasteiger partial charge in [0.2, 0.25) is 0 Å². The molecule has 1 aliphatic rings. The molecule has 1 saturated heterocycles. The molecule has 1 fully saturated rings. The van der Waals surface area contributed by atoms with E-state index in [1.54, 1.807) is 7.11 Å². The van der Waals surface area contributed by atoms with E-state index in [1.165, 1.54) is 24.3 Å². The number of benzene rings is 1. The minimum atomic E-state index is 0.233. The fourth-order valence-corrected chi connectivity index (χ4v) is 4.03. The van der Waals surface area contributed by atoms with Crippen LogP contribution in [-0.2, 0) is 0 Å². The van der Waals surface area contributed by atoms with E-state index in [0.29, 0.717) is 0 Å². The summed E-state index contributed by atoms with van der Waals surface area (Å²) in [7, 11) is 1.68. The monoisotopic (exact) mass is 305 g/mol. The van der Waals surface area contributed by atoms with E-state index in [0.717, 1.165) is 34.9 Å². The number of rotatable bonds is 5. The Bertz CT molecular complexity index is 589. The van der Waals surface area contributed by atoms with Gasteiger partial charge in [0.05, 0.1) is 13.2 Å². The van der Waals surface area contributed by atoms with Gasteiger partial charge in [0.15, 0.2) is 11.3 Å². The Balaban J connectivity index is 1.67. The molecule has 3 nitrogen and oxygen atoms in total. The number of hydrogen-bond donors (Lipinski definition) is 1. The summed E-state index contributed by atoms with van der Waals surface area (Å²) in [6.45, 7) is 3.25. The lowest BCUT2D eigenvalue weighted by molar-refractivity contribution is 0.380. The zero-order chi connectivity index (χ0) is 14.7. The van der Waals surface area contributed by atoms with Crippen molar-refractivity contribution in [3.05, 3.63) is 30.0 Å². The van der Waals surface area contributed by atoms with Gasteiger partial charge >= 0.3 is 0 Å². The lowest BCUT2D eigenvalue weighted by atomic mass is 10.0. The molecule has 0 aliphatic carbocycles. The Hall–Kier alpha value is -1.13. The highest BCUT2D eigenvalue weighted by Gasteiger charge is 2.17. The Kier molecular flexibility index (Phi) is 4.76. The molecule has 0 saturated carbocycles. The molecule has 1 unspecified atom stereocenters. The molecule has 2 aromatic rings. The van der Waals surface area contributed by atoms with Crippen molar-refractivity contribution in [1.29, 1.82) is 0 Å². The first-order chi connectivity index (χ1) is 10.3. The van der Waals surface area contributed by atoms with Gasteiger partial charge in [-0.15, -0.1) is 0 Å². The van der Waals surface area contributed by atoms with Crippen LogP contribution >= 0.6 is 11.8 Å². The highest BCUT2D eigenvalue weighted by atomic mass is 32.2. The summed E-state index contributed by atoms with van der Waals surface area (Å²) in [6.07, 6.45) is 2.66. The predicted octanol–water partition coefficient (Wildman–Crippen LogP) is 4.24. The molecule has 0 amide bonds. The summed E-state index contributed by atoms with van der Waals surface area (Å²) in [5.74, 6) is 5.22. The van der Waals surface area contributed by atoms with Crippen molar-refractivity contribution in [2.75, 3.05) is 25.2 Å². The van der Waals surface area contributed by atoms with E-state index in [-0.39, 0.29) is 6.04 Å². The van der Waals surface area contributed by atoms with Crippen LogP contribution in [0.5, 0.6) is 5.75 Å². The topological polar surface area (TPSA) is 34.4 Å². The highest BCUT2D eigenvalue weighted by Crippen LogP contribution is 2.31. The Labute approximate surface area is 130 Å². The third-order valence-electron chi connectivity index (χ3n) is 4.23. The van der Waals surface area contributed by atoms with E-state index in [1.807, 2.05) is 12.1 Å². The summed E-state index contributed by atoms with van der Waals surface area (Å²) in [4.78, 5) is 0. The van der Waals surface area contributed by atoms with Gasteiger partial charge in [-0.1, -0.05) is 12.1 Å². The molecule has 1 N–H and O–H groups in total. The normalized spacial score (nSPS) is 18.0.